The van der Waals surface area contributed by atoms with Gasteiger partial charge in [0.15, 0.2) is 0 Å². The van der Waals surface area contributed by atoms with E-state index in [1.54, 1.807) is 36.4 Å². The van der Waals surface area contributed by atoms with Crippen LogP contribution in [0.15, 0.2) is 36.7 Å². The first kappa shape index (κ1) is 15.2. The zero-order valence-corrected chi connectivity index (χ0v) is 13.9. The fourth-order valence-corrected chi connectivity index (χ4v) is 3.01. The lowest BCUT2D eigenvalue weighted by Crippen LogP contribution is -2.24. The van der Waals surface area contributed by atoms with E-state index >= 15 is 0 Å². The molecule has 0 aromatic carbocycles. The van der Waals surface area contributed by atoms with Gasteiger partial charge in [-0.2, -0.15) is 5.10 Å². The highest BCUT2D eigenvalue weighted by atomic mass is 16.2. The Balaban J connectivity index is 1.81. The minimum absolute atomic E-state index is 0.0995. The highest BCUT2D eigenvalue weighted by Gasteiger charge is 2.32. The Hall–Kier alpha value is -3.35. The van der Waals surface area contributed by atoms with Crippen molar-refractivity contribution >= 4 is 17.4 Å². The molecule has 4 rings (SSSR count). The van der Waals surface area contributed by atoms with Crippen LogP contribution in [0, 0.1) is 12.3 Å². The highest BCUT2D eigenvalue weighted by molar-refractivity contribution is 6.11. The highest BCUT2D eigenvalue weighted by Crippen LogP contribution is 2.33. The van der Waals surface area contributed by atoms with Crippen molar-refractivity contribution in [3.63, 3.8) is 0 Å². The van der Waals surface area contributed by atoms with Crippen molar-refractivity contribution in [2.75, 3.05) is 4.90 Å². The monoisotopic (exact) mass is 332 g/mol. The molecule has 124 valence electrons. The molecule has 1 aliphatic rings. The van der Waals surface area contributed by atoms with Crippen molar-refractivity contribution in [3.05, 3.63) is 59.2 Å². The van der Waals surface area contributed by atoms with Crippen LogP contribution in [0.3, 0.4) is 0 Å². The topological polar surface area (TPSA) is 98.6 Å². The summed E-state index contributed by atoms with van der Waals surface area (Å²) in [7, 11) is 0. The van der Waals surface area contributed by atoms with Gasteiger partial charge in [0.25, 0.3) is 5.91 Å². The maximum Gasteiger partial charge on any atom is 0.260 e. The van der Waals surface area contributed by atoms with Crippen molar-refractivity contribution in [3.8, 4) is 11.3 Å². The summed E-state index contributed by atoms with van der Waals surface area (Å²) in [6, 6.07) is 7.18. The van der Waals surface area contributed by atoms with Gasteiger partial charge in [-0.3, -0.25) is 19.8 Å². The number of hydrogen-bond donors (Lipinski definition) is 2. The van der Waals surface area contributed by atoms with Gasteiger partial charge in [0.05, 0.1) is 29.8 Å². The molecule has 0 fully saturated rings. The molecule has 0 aliphatic carbocycles. The SMILES string of the molecule is CC(=N)c1cccc(N2Cc3c(cc(C)nc3-c3cn[nH]c3)C2=O)n1. The van der Waals surface area contributed by atoms with Gasteiger partial charge in [-0.25, -0.2) is 4.98 Å². The lowest BCUT2D eigenvalue weighted by Gasteiger charge is -2.15. The van der Waals surface area contributed by atoms with Gasteiger partial charge in [0, 0.05) is 28.6 Å². The smallest absolute Gasteiger partial charge is 0.260 e. The fraction of sp³-hybridized carbons (Fsp3) is 0.167. The Morgan fingerprint density at radius 3 is 2.88 bits per heavy atom. The molecule has 0 saturated carbocycles. The molecule has 7 heteroatoms. The number of hydrogen-bond acceptors (Lipinski definition) is 5. The zero-order valence-electron chi connectivity index (χ0n) is 13.9. The molecule has 2 N–H and O–H groups in total. The number of nitrogens with zero attached hydrogens (tertiary/aromatic N) is 4. The number of carbonyl (C=O) groups is 1. The van der Waals surface area contributed by atoms with Crippen molar-refractivity contribution in [1.82, 2.24) is 20.2 Å². The minimum Gasteiger partial charge on any atom is -0.303 e. The molecule has 4 heterocycles. The van der Waals surface area contributed by atoms with E-state index in [1.807, 2.05) is 19.1 Å². The molecule has 0 spiro atoms. The normalized spacial score (nSPS) is 13.2. The van der Waals surface area contributed by atoms with E-state index in [2.05, 4.69) is 20.2 Å². The minimum atomic E-state index is -0.0995. The van der Waals surface area contributed by atoms with Gasteiger partial charge in [-0.05, 0) is 32.0 Å². The third-order valence-electron chi connectivity index (χ3n) is 4.21. The van der Waals surface area contributed by atoms with E-state index in [0.29, 0.717) is 29.3 Å². The number of aromatic amines is 1. The molecule has 1 aliphatic heterocycles. The van der Waals surface area contributed by atoms with E-state index in [1.165, 1.54) is 0 Å². The summed E-state index contributed by atoms with van der Waals surface area (Å²) in [6.07, 6.45) is 3.47. The maximum atomic E-state index is 12.9. The summed E-state index contributed by atoms with van der Waals surface area (Å²) < 4.78 is 0. The second-order valence-corrected chi connectivity index (χ2v) is 6.02. The number of rotatable bonds is 3. The van der Waals surface area contributed by atoms with Crippen LogP contribution in [0.2, 0.25) is 0 Å². The third kappa shape index (κ3) is 2.50. The Kier molecular flexibility index (Phi) is 3.42. The molecular formula is C18H16N6O. The van der Waals surface area contributed by atoms with Crippen LogP contribution in [0.4, 0.5) is 5.82 Å². The van der Waals surface area contributed by atoms with Crippen LogP contribution in [0.1, 0.15) is 34.2 Å². The standard InChI is InChI=1S/C18H16N6O/c1-10-6-13-14(17(22-10)12-7-20-21-8-12)9-24(18(13)25)16-5-3-4-15(23-16)11(2)19/h3-8,19H,9H2,1-2H3,(H,20,21). The van der Waals surface area contributed by atoms with E-state index in [0.717, 1.165) is 22.5 Å². The summed E-state index contributed by atoms with van der Waals surface area (Å²) >= 11 is 0. The van der Waals surface area contributed by atoms with Crippen LogP contribution in [-0.4, -0.2) is 31.8 Å². The molecule has 0 atom stereocenters. The zero-order chi connectivity index (χ0) is 17.6. The number of carbonyl (C=O) groups excluding carboxylic acids is 1. The largest absolute Gasteiger partial charge is 0.303 e. The second-order valence-electron chi connectivity index (χ2n) is 6.02. The number of anilines is 1. The summed E-state index contributed by atoms with van der Waals surface area (Å²) in [5.74, 6) is 0.443. The van der Waals surface area contributed by atoms with E-state index in [4.69, 9.17) is 5.41 Å². The summed E-state index contributed by atoms with van der Waals surface area (Å²) in [4.78, 5) is 23.6. The fourth-order valence-electron chi connectivity index (χ4n) is 3.01. The van der Waals surface area contributed by atoms with Gasteiger partial charge >= 0.3 is 0 Å². The van der Waals surface area contributed by atoms with Crippen LogP contribution >= 0.6 is 0 Å². The lowest BCUT2D eigenvalue weighted by molar-refractivity contribution is 0.0996. The maximum absolute atomic E-state index is 12.9. The number of H-pyrrole nitrogens is 1. The third-order valence-corrected chi connectivity index (χ3v) is 4.21. The molecule has 3 aromatic heterocycles. The van der Waals surface area contributed by atoms with Gasteiger partial charge < -0.3 is 5.41 Å². The molecule has 0 saturated heterocycles. The first-order valence-electron chi connectivity index (χ1n) is 7.88. The van der Waals surface area contributed by atoms with Crippen LogP contribution < -0.4 is 4.90 Å². The van der Waals surface area contributed by atoms with E-state index < -0.39 is 0 Å². The molecule has 7 nitrogen and oxygen atoms in total. The van der Waals surface area contributed by atoms with Crippen molar-refractivity contribution in [2.24, 2.45) is 0 Å². The second kappa shape index (κ2) is 5.62. The van der Waals surface area contributed by atoms with Crippen molar-refractivity contribution in [2.45, 2.75) is 20.4 Å². The Labute approximate surface area is 144 Å². The number of aryl methyl sites for hydroxylation is 1. The van der Waals surface area contributed by atoms with Crippen molar-refractivity contribution in [1.29, 1.82) is 5.41 Å². The molecular weight excluding hydrogens is 316 g/mol. The molecule has 1 amide bonds. The van der Waals surface area contributed by atoms with E-state index in [9.17, 15) is 4.79 Å². The van der Waals surface area contributed by atoms with Crippen LogP contribution in [0.25, 0.3) is 11.3 Å². The molecule has 0 bridgehead atoms. The summed E-state index contributed by atoms with van der Waals surface area (Å²) in [5.41, 5.74) is 4.83. The van der Waals surface area contributed by atoms with Gasteiger partial charge in [0.2, 0.25) is 0 Å². The van der Waals surface area contributed by atoms with E-state index in [-0.39, 0.29) is 5.91 Å². The quantitative estimate of drug-likeness (QED) is 0.720. The molecule has 3 aromatic rings. The molecule has 0 radical (unpaired) electrons. The number of nitrogens with one attached hydrogen (secondary N) is 2. The number of pyridine rings is 2. The number of amides is 1. The number of aromatic nitrogens is 4. The van der Waals surface area contributed by atoms with Crippen LogP contribution in [0.5, 0.6) is 0 Å². The Bertz CT molecular complexity index is 993. The summed E-state index contributed by atoms with van der Waals surface area (Å²) in [5, 5.41) is 14.5. The number of fused-ring (bicyclic) bond motifs is 1. The first-order valence-corrected chi connectivity index (χ1v) is 7.88. The molecule has 25 heavy (non-hydrogen) atoms. The first-order chi connectivity index (χ1) is 12.0. The Morgan fingerprint density at radius 1 is 1.32 bits per heavy atom. The molecule has 0 unspecified atom stereocenters. The van der Waals surface area contributed by atoms with Crippen molar-refractivity contribution < 1.29 is 4.79 Å². The van der Waals surface area contributed by atoms with Gasteiger partial charge in [-0.1, -0.05) is 6.07 Å². The lowest BCUT2D eigenvalue weighted by atomic mass is 10.0. The van der Waals surface area contributed by atoms with Crippen LogP contribution in [-0.2, 0) is 6.54 Å². The van der Waals surface area contributed by atoms with Gasteiger partial charge in [-0.15, -0.1) is 0 Å². The van der Waals surface area contributed by atoms with Gasteiger partial charge in [0.1, 0.15) is 5.82 Å². The average Bonchev–Trinajstić information content (AvgIpc) is 3.23. The summed E-state index contributed by atoms with van der Waals surface area (Å²) in [6.45, 7) is 3.95. The Morgan fingerprint density at radius 2 is 2.16 bits per heavy atom. The predicted molar refractivity (Wildman–Crippen MR) is 93.8 cm³/mol. The predicted octanol–water partition coefficient (Wildman–Crippen LogP) is 2.72. The average molecular weight is 332 g/mol.